The maximum Gasteiger partial charge on any atom is 0.416 e. The van der Waals surface area contributed by atoms with E-state index in [0.29, 0.717) is 12.5 Å². The van der Waals surface area contributed by atoms with Gasteiger partial charge in [-0.1, -0.05) is 24.3 Å². The summed E-state index contributed by atoms with van der Waals surface area (Å²) in [4.78, 5) is 12.8. The highest BCUT2D eigenvalue weighted by Gasteiger charge is 2.38. The molecule has 0 spiro atoms. The lowest BCUT2D eigenvalue weighted by Gasteiger charge is -2.35. The molecule has 3 heterocycles. The number of rotatable bonds is 4. The summed E-state index contributed by atoms with van der Waals surface area (Å²) in [7, 11) is 1.54. The van der Waals surface area contributed by atoms with Crippen molar-refractivity contribution in [1.82, 2.24) is 31.7 Å². The van der Waals surface area contributed by atoms with Crippen molar-refractivity contribution < 1.29 is 22.7 Å². The molecule has 5 N–H and O–H groups in total. The van der Waals surface area contributed by atoms with Gasteiger partial charge in [0.15, 0.2) is 0 Å². The van der Waals surface area contributed by atoms with Crippen molar-refractivity contribution in [1.29, 1.82) is 0 Å². The van der Waals surface area contributed by atoms with Crippen molar-refractivity contribution in [3.8, 4) is 0 Å². The van der Waals surface area contributed by atoms with Gasteiger partial charge in [0.05, 0.1) is 18.3 Å². The van der Waals surface area contributed by atoms with Gasteiger partial charge in [0.2, 0.25) is 0 Å². The van der Waals surface area contributed by atoms with Gasteiger partial charge in [-0.15, -0.1) is 0 Å². The van der Waals surface area contributed by atoms with Crippen LogP contribution in [0.4, 0.5) is 13.2 Å². The molecule has 1 amide bonds. The number of halogens is 3. The number of carbonyl (C=O) groups is 1. The number of methoxy groups -OCH3 is 1. The molecule has 1 aromatic rings. The molecule has 4 rings (SSSR count). The number of benzene rings is 1. The van der Waals surface area contributed by atoms with Crippen LogP contribution in [0.5, 0.6) is 0 Å². The van der Waals surface area contributed by atoms with Crippen LogP contribution in [0.15, 0.2) is 60.2 Å². The zero-order chi connectivity index (χ0) is 21.3. The Kier molecular flexibility index (Phi) is 5.41. The van der Waals surface area contributed by atoms with E-state index in [4.69, 9.17) is 4.74 Å². The number of hydrogen-bond acceptors (Lipinski definition) is 7. The SMILES string of the molecule is COC1C=C(NC(=O)C2=CNC3C=CC(c4ccccc4C(F)(F)F)NN23)NCN1. The fourth-order valence-corrected chi connectivity index (χ4v) is 3.47. The highest BCUT2D eigenvalue weighted by molar-refractivity contribution is 5.94. The molecule has 0 bridgehead atoms. The zero-order valence-electron chi connectivity index (χ0n) is 16.0. The Morgan fingerprint density at radius 3 is 2.83 bits per heavy atom. The Morgan fingerprint density at radius 2 is 2.07 bits per heavy atom. The number of amides is 1. The second kappa shape index (κ2) is 8.01. The number of ether oxygens (including phenoxy) is 1. The summed E-state index contributed by atoms with van der Waals surface area (Å²) >= 11 is 0. The van der Waals surface area contributed by atoms with Gasteiger partial charge >= 0.3 is 6.18 Å². The molecule has 0 fully saturated rings. The summed E-state index contributed by atoms with van der Waals surface area (Å²) in [6.45, 7) is 0.408. The highest BCUT2D eigenvalue weighted by atomic mass is 19.4. The third-order valence-corrected chi connectivity index (χ3v) is 4.93. The average molecular weight is 422 g/mol. The summed E-state index contributed by atoms with van der Waals surface area (Å²) in [5.41, 5.74) is 2.62. The van der Waals surface area contributed by atoms with Crippen LogP contribution >= 0.6 is 0 Å². The van der Waals surface area contributed by atoms with Crippen LogP contribution in [-0.2, 0) is 15.7 Å². The first kappa shape index (κ1) is 20.3. The molecule has 3 unspecified atom stereocenters. The van der Waals surface area contributed by atoms with Crippen molar-refractivity contribution in [2.24, 2.45) is 0 Å². The maximum absolute atomic E-state index is 13.4. The summed E-state index contributed by atoms with van der Waals surface area (Å²) < 4.78 is 45.4. The summed E-state index contributed by atoms with van der Waals surface area (Å²) in [5, 5.41) is 13.3. The van der Waals surface area contributed by atoms with E-state index < -0.39 is 23.7 Å². The van der Waals surface area contributed by atoms with E-state index in [2.05, 4.69) is 26.7 Å². The number of alkyl halides is 3. The Morgan fingerprint density at radius 1 is 1.27 bits per heavy atom. The zero-order valence-corrected chi connectivity index (χ0v) is 16.0. The summed E-state index contributed by atoms with van der Waals surface area (Å²) in [6, 6.07) is 4.63. The third-order valence-electron chi connectivity index (χ3n) is 4.93. The van der Waals surface area contributed by atoms with Gasteiger partial charge in [0.25, 0.3) is 5.91 Å². The Balaban J connectivity index is 1.51. The topological polar surface area (TPSA) is 89.7 Å². The van der Waals surface area contributed by atoms with Crippen molar-refractivity contribution >= 4 is 5.91 Å². The monoisotopic (exact) mass is 422 g/mol. The molecule has 1 aromatic carbocycles. The van der Waals surface area contributed by atoms with Gasteiger partial charge in [0, 0.05) is 13.3 Å². The van der Waals surface area contributed by atoms with E-state index in [-0.39, 0.29) is 23.7 Å². The molecule has 160 valence electrons. The predicted octanol–water partition coefficient (Wildman–Crippen LogP) is 0.974. The van der Waals surface area contributed by atoms with Crippen LogP contribution in [0.1, 0.15) is 17.2 Å². The van der Waals surface area contributed by atoms with Crippen LogP contribution in [0, 0.1) is 0 Å². The van der Waals surface area contributed by atoms with Crippen LogP contribution < -0.4 is 26.7 Å². The molecule has 3 atom stereocenters. The molecule has 11 heteroatoms. The molecule has 3 aliphatic heterocycles. The number of fused-ring (bicyclic) bond motifs is 1. The molecule has 0 aromatic heterocycles. The van der Waals surface area contributed by atoms with Crippen LogP contribution in [0.25, 0.3) is 0 Å². The van der Waals surface area contributed by atoms with Gasteiger partial charge in [-0.05, 0) is 23.8 Å². The first-order chi connectivity index (χ1) is 14.4. The number of hydrogen-bond donors (Lipinski definition) is 5. The number of carbonyl (C=O) groups excluding carboxylic acids is 1. The highest BCUT2D eigenvalue weighted by Crippen LogP contribution is 2.36. The number of hydrazine groups is 1. The van der Waals surface area contributed by atoms with Gasteiger partial charge in [-0.2, -0.15) is 13.2 Å². The second-order valence-electron chi connectivity index (χ2n) is 6.84. The van der Waals surface area contributed by atoms with E-state index in [9.17, 15) is 18.0 Å². The van der Waals surface area contributed by atoms with Crippen molar-refractivity contribution in [3.05, 3.63) is 71.3 Å². The van der Waals surface area contributed by atoms with E-state index in [0.717, 1.165) is 6.07 Å². The van der Waals surface area contributed by atoms with E-state index in [1.54, 1.807) is 24.3 Å². The molecular formula is C19H21F3N6O2. The molecule has 0 radical (unpaired) electrons. The van der Waals surface area contributed by atoms with Crippen molar-refractivity contribution in [2.75, 3.05) is 13.8 Å². The van der Waals surface area contributed by atoms with Gasteiger partial charge in [-0.25, -0.2) is 5.43 Å². The normalized spacial score (nSPS) is 25.6. The van der Waals surface area contributed by atoms with Crippen molar-refractivity contribution in [3.63, 3.8) is 0 Å². The van der Waals surface area contributed by atoms with E-state index in [1.165, 1.54) is 30.5 Å². The first-order valence-electron chi connectivity index (χ1n) is 9.26. The maximum atomic E-state index is 13.4. The standard InChI is InChI=1S/C19H21F3N6O2/c1-30-17-8-15(24-10-25-17)26-18(29)14-9-23-16-7-6-13(27-28(14)16)11-4-2-3-5-12(11)19(20,21)22/h2-9,13,16-17,23-25,27H,10H2,1H3,(H,26,29). The van der Waals surface area contributed by atoms with Gasteiger partial charge < -0.3 is 20.7 Å². The first-order valence-corrected chi connectivity index (χ1v) is 9.26. The molecule has 0 aliphatic carbocycles. The number of nitrogens with zero attached hydrogens (tertiary/aromatic N) is 1. The Bertz CT molecular complexity index is 914. The van der Waals surface area contributed by atoms with E-state index in [1.807, 2.05) is 0 Å². The van der Waals surface area contributed by atoms with Crippen LogP contribution in [0.2, 0.25) is 0 Å². The average Bonchev–Trinajstić information content (AvgIpc) is 3.16. The minimum Gasteiger partial charge on any atom is -0.365 e. The molecule has 30 heavy (non-hydrogen) atoms. The Labute approximate surface area is 170 Å². The van der Waals surface area contributed by atoms with Crippen LogP contribution in [-0.4, -0.2) is 37.1 Å². The minimum absolute atomic E-state index is 0.0806. The summed E-state index contributed by atoms with van der Waals surface area (Å²) in [5.74, 6) is 0.0487. The quantitative estimate of drug-likeness (QED) is 0.462. The lowest BCUT2D eigenvalue weighted by atomic mass is 9.99. The smallest absolute Gasteiger partial charge is 0.365 e. The Hall–Kier alpha value is -3.02. The fourth-order valence-electron chi connectivity index (χ4n) is 3.47. The minimum atomic E-state index is -4.48. The van der Waals surface area contributed by atoms with Crippen molar-refractivity contribution in [2.45, 2.75) is 24.6 Å². The van der Waals surface area contributed by atoms with E-state index >= 15 is 0 Å². The lowest BCUT2D eigenvalue weighted by molar-refractivity contribution is -0.138. The lowest BCUT2D eigenvalue weighted by Crippen LogP contribution is -2.52. The molecule has 3 aliphatic rings. The molecule has 0 saturated heterocycles. The molecular weight excluding hydrogens is 401 g/mol. The van der Waals surface area contributed by atoms with Gasteiger partial charge in [-0.3, -0.25) is 15.1 Å². The molecule has 0 saturated carbocycles. The fraction of sp³-hybridized carbons (Fsp3) is 0.316. The second-order valence-corrected chi connectivity index (χ2v) is 6.84. The van der Waals surface area contributed by atoms with Gasteiger partial charge in [0.1, 0.15) is 23.9 Å². The summed E-state index contributed by atoms with van der Waals surface area (Å²) in [6.07, 6.45) is 1.35. The molecule has 8 nitrogen and oxygen atoms in total. The number of nitrogens with one attached hydrogen (secondary N) is 5. The van der Waals surface area contributed by atoms with Crippen LogP contribution in [0.3, 0.4) is 0 Å². The largest absolute Gasteiger partial charge is 0.416 e. The third kappa shape index (κ3) is 3.99. The predicted molar refractivity (Wildman–Crippen MR) is 101 cm³/mol.